The second-order valence-corrected chi connectivity index (χ2v) is 8.90. The average Bonchev–Trinajstić information content (AvgIpc) is 2.62. The Morgan fingerprint density at radius 1 is 1.26 bits per heavy atom. The van der Waals surface area contributed by atoms with Crippen molar-refractivity contribution in [2.75, 3.05) is 18.8 Å². The standard InChI is InChI=1S/C19H22FNO5S/c1-2-27(24,25)21-7-5-16(6-8-21)26-18-10-13(11-19(22)23)9-14-3-4-15(20)12-17(14)18/h3-4,9-10,12,16H,2,5-8,11H2,1H3,(H,22,23). The molecule has 6 nitrogen and oxygen atoms in total. The molecule has 0 aromatic heterocycles. The predicted octanol–water partition coefficient (Wildman–Crippen LogP) is 2.80. The summed E-state index contributed by atoms with van der Waals surface area (Å²) in [5.74, 6) is -0.859. The van der Waals surface area contributed by atoms with Gasteiger partial charge in [-0.3, -0.25) is 4.79 Å². The van der Waals surface area contributed by atoms with Gasteiger partial charge in [0.15, 0.2) is 0 Å². The average molecular weight is 395 g/mol. The molecular weight excluding hydrogens is 373 g/mol. The van der Waals surface area contributed by atoms with Gasteiger partial charge in [0.1, 0.15) is 17.7 Å². The zero-order chi connectivity index (χ0) is 19.6. The molecule has 0 aliphatic carbocycles. The molecule has 3 rings (SSSR count). The monoisotopic (exact) mass is 395 g/mol. The van der Waals surface area contributed by atoms with E-state index in [9.17, 15) is 17.6 Å². The van der Waals surface area contributed by atoms with E-state index in [0.717, 1.165) is 0 Å². The number of halogens is 1. The highest BCUT2D eigenvalue weighted by atomic mass is 32.2. The minimum absolute atomic E-state index is 0.0691. The Hall–Kier alpha value is -2.19. The number of nitrogens with zero attached hydrogens (tertiary/aromatic N) is 1. The van der Waals surface area contributed by atoms with E-state index >= 15 is 0 Å². The number of benzene rings is 2. The van der Waals surface area contributed by atoms with Gasteiger partial charge in [0.2, 0.25) is 10.0 Å². The summed E-state index contributed by atoms with van der Waals surface area (Å²) in [6, 6.07) is 7.63. The summed E-state index contributed by atoms with van der Waals surface area (Å²) in [4.78, 5) is 11.1. The molecule has 146 valence electrons. The van der Waals surface area contributed by atoms with Crippen molar-refractivity contribution < 1.29 is 27.4 Å². The van der Waals surface area contributed by atoms with Crippen molar-refractivity contribution in [1.82, 2.24) is 4.31 Å². The van der Waals surface area contributed by atoms with Crippen LogP contribution in [-0.4, -0.2) is 48.7 Å². The van der Waals surface area contributed by atoms with Crippen LogP contribution in [0, 0.1) is 5.82 Å². The summed E-state index contributed by atoms with van der Waals surface area (Å²) < 4.78 is 45.2. The summed E-state index contributed by atoms with van der Waals surface area (Å²) in [6.07, 6.45) is 0.690. The van der Waals surface area contributed by atoms with Crippen LogP contribution in [0.5, 0.6) is 5.75 Å². The molecule has 1 saturated heterocycles. The van der Waals surface area contributed by atoms with Gasteiger partial charge >= 0.3 is 5.97 Å². The predicted molar refractivity (Wildman–Crippen MR) is 99.9 cm³/mol. The van der Waals surface area contributed by atoms with E-state index in [2.05, 4.69) is 0 Å². The lowest BCUT2D eigenvalue weighted by molar-refractivity contribution is -0.136. The van der Waals surface area contributed by atoms with Gasteiger partial charge in [-0.15, -0.1) is 0 Å². The van der Waals surface area contributed by atoms with Gasteiger partial charge in [0.25, 0.3) is 0 Å². The number of fused-ring (bicyclic) bond motifs is 1. The number of hydrogen-bond donors (Lipinski definition) is 1. The minimum Gasteiger partial charge on any atom is -0.490 e. The maximum Gasteiger partial charge on any atom is 0.307 e. The molecule has 1 heterocycles. The van der Waals surface area contributed by atoms with Crippen molar-refractivity contribution in [3.8, 4) is 5.75 Å². The largest absolute Gasteiger partial charge is 0.490 e. The lowest BCUT2D eigenvalue weighted by Gasteiger charge is -2.31. The topological polar surface area (TPSA) is 83.9 Å². The van der Waals surface area contributed by atoms with Crippen molar-refractivity contribution in [3.05, 3.63) is 41.7 Å². The molecule has 2 aromatic rings. The molecule has 27 heavy (non-hydrogen) atoms. The van der Waals surface area contributed by atoms with Crippen molar-refractivity contribution in [2.45, 2.75) is 32.3 Å². The van der Waals surface area contributed by atoms with Gasteiger partial charge in [0.05, 0.1) is 12.2 Å². The van der Waals surface area contributed by atoms with Crippen LogP contribution in [0.1, 0.15) is 25.3 Å². The van der Waals surface area contributed by atoms with Gasteiger partial charge in [-0.1, -0.05) is 12.1 Å². The molecular formula is C19H22FNO5S. The Labute approximate surface area is 157 Å². The highest BCUT2D eigenvalue weighted by Gasteiger charge is 2.28. The molecule has 0 saturated carbocycles. The maximum atomic E-state index is 13.7. The fraction of sp³-hybridized carbons (Fsp3) is 0.421. The van der Waals surface area contributed by atoms with Gasteiger partial charge in [-0.2, -0.15) is 0 Å². The smallest absolute Gasteiger partial charge is 0.307 e. The number of ether oxygens (including phenoxy) is 1. The highest BCUT2D eigenvalue weighted by Crippen LogP contribution is 2.31. The normalized spacial score (nSPS) is 16.5. The lowest BCUT2D eigenvalue weighted by atomic mass is 10.0. The second kappa shape index (κ2) is 7.82. The van der Waals surface area contributed by atoms with E-state index in [1.54, 1.807) is 25.1 Å². The third-order valence-corrected chi connectivity index (χ3v) is 6.63. The highest BCUT2D eigenvalue weighted by molar-refractivity contribution is 7.89. The molecule has 1 aliphatic heterocycles. The summed E-state index contributed by atoms with van der Waals surface area (Å²) in [7, 11) is -3.22. The van der Waals surface area contributed by atoms with Crippen LogP contribution >= 0.6 is 0 Å². The van der Waals surface area contributed by atoms with E-state index in [1.165, 1.54) is 16.4 Å². The first-order chi connectivity index (χ1) is 12.8. The summed E-state index contributed by atoms with van der Waals surface area (Å²) in [6.45, 7) is 2.37. The van der Waals surface area contributed by atoms with Gasteiger partial charge in [0, 0.05) is 18.5 Å². The van der Waals surface area contributed by atoms with E-state index in [-0.39, 0.29) is 18.3 Å². The van der Waals surface area contributed by atoms with Crippen LogP contribution in [0.15, 0.2) is 30.3 Å². The van der Waals surface area contributed by atoms with Crippen molar-refractivity contribution in [2.24, 2.45) is 0 Å². The summed E-state index contributed by atoms with van der Waals surface area (Å²) in [5, 5.41) is 10.3. The SMILES string of the molecule is CCS(=O)(=O)N1CCC(Oc2cc(CC(=O)O)cc3ccc(F)cc23)CC1. The summed E-state index contributed by atoms with van der Waals surface area (Å²) >= 11 is 0. The Morgan fingerprint density at radius 3 is 2.59 bits per heavy atom. The van der Waals surface area contributed by atoms with Crippen LogP contribution in [0.25, 0.3) is 10.8 Å². The number of carboxylic acid groups (broad SMARTS) is 1. The van der Waals surface area contributed by atoms with Crippen molar-refractivity contribution in [3.63, 3.8) is 0 Å². The molecule has 0 spiro atoms. The molecule has 0 radical (unpaired) electrons. The van der Waals surface area contributed by atoms with Crippen LogP contribution in [0.3, 0.4) is 0 Å². The number of piperidine rings is 1. The van der Waals surface area contributed by atoms with Gasteiger partial charge in [-0.05, 0) is 48.9 Å². The third-order valence-electron chi connectivity index (χ3n) is 4.75. The van der Waals surface area contributed by atoms with Gasteiger partial charge < -0.3 is 9.84 Å². The molecule has 2 aromatic carbocycles. The Kier molecular flexibility index (Phi) is 5.67. The number of hydrogen-bond acceptors (Lipinski definition) is 4. The minimum atomic E-state index is -3.22. The lowest BCUT2D eigenvalue weighted by Crippen LogP contribution is -2.42. The van der Waals surface area contributed by atoms with Gasteiger partial charge in [-0.25, -0.2) is 17.1 Å². The van der Waals surface area contributed by atoms with Crippen LogP contribution < -0.4 is 4.74 Å². The molecule has 0 atom stereocenters. The Morgan fingerprint density at radius 2 is 1.96 bits per heavy atom. The van der Waals surface area contributed by atoms with Crippen molar-refractivity contribution in [1.29, 1.82) is 0 Å². The molecule has 1 N–H and O–H groups in total. The first-order valence-corrected chi connectivity index (χ1v) is 10.5. The van der Waals surface area contributed by atoms with Crippen molar-refractivity contribution >= 4 is 26.8 Å². The number of aliphatic carboxylic acids is 1. The molecule has 0 amide bonds. The fourth-order valence-electron chi connectivity index (χ4n) is 3.32. The number of carboxylic acids is 1. The maximum absolute atomic E-state index is 13.7. The van der Waals surface area contributed by atoms with E-state index in [0.29, 0.717) is 48.0 Å². The Bertz CT molecular complexity index is 952. The third kappa shape index (κ3) is 4.56. The van der Waals surface area contributed by atoms with Crippen LogP contribution in [-0.2, 0) is 21.2 Å². The number of sulfonamides is 1. The molecule has 0 unspecified atom stereocenters. The number of rotatable bonds is 6. The number of carbonyl (C=O) groups is 1. The van der Waals surface area contributed by atoms with E-state index in [4.69, 9.17) is 9.84 Å². The Balaban J connectivity index is 1.83. The van der Waals surface area contributed by atoms with Crippen LogP contribution in [0.4, 0.5) is 4.39 Å². The fourth-order valence-corrected chi connectivity index (χ4v) is 4.45. The summed E-state index contributed by atoms with van der Waals surface area (Å²) in [5.41, 5.74) is 0.572. The molecule has 8 heteroatoms. The van der Waals surface area contributed by atoms with Crippen LogP contribution in [0.2, 0.25) is 0 Å². The first kappa shape index (κ1) is 19.6. The quantitative estimate of drug-likeness (QED) is 0.813. The molecule has 1 fully saturated rings. The van der Waals surface area contributed by atoms with E-state index < -0.39 is 21.8 Å². The first-order valence-electron chi connectivity index (χ1n) is 8.87. The molecule has 0 bridgehead atoms. The van der Waals surface area contributed by atoms with E-state index in [1.807, 2.05) is 0 Å². The second-order valence-electron chi connectivity index (χ2n) is 6.65. The zero-order valence-corrected chi connectivity index (χ0v) is 15.8. The molecule has 1 aliphatic rings. The zero-order valence-electron chi connectivity index (χ0n) is 15.0.